The zero-order valence-corrected chi connectivity index (χ0v) is 13.8. The van der Waals surface area contributed by atoms with Gasteiger partial charge in [0.25, 0.3) is 0 Å². The molecule has 0 aliphatic rings. The first-order valence-corrected chi connectivity index (χ1v) is 8.97. The SMILES string of the molecule is CCC(CC)N(CCBr)S(=O)(=O)c1ccc(F)cc1F. The van der Waals surface area contributed by atoms with Crippen molar-refractivity contribution in [3.63, 3.8) is 0 Å². The minimum absolute atomic E-state index is 0.206. The number of hydrogen-bond donors (Lipinski definition) is 0. The first kappa shape index (κ1) is 17.5. The van der Waals surface area contributed by atoms with Crippen molar-refractivity contribution in [1.82, 2.24) is 4.31 Å². The van der Waals surface area contributed by atoms with E-state index in [1.54, 1.807) is 0 Å². The Labute approximate surface area is 127 Å². The lowest BCUT2D eigenvalue weighted by molar-refractivity contribution is 0.316. The zero-order valence-electron chi connectivity index (χ0n) is 11.4. The number of alkyl halides is 1. The molecule has 0 saturated heterocycles. The van der Waals surface area contributed by atoms with Crippen LogP contribution in [0.15, 0.2) is 23.1 Å². The third kappa shape index (κ3) is 3.77. The fourth-order valence-electron chi connectivity index (χ4n) is 2.09. The second-order valence-corrected chi connectivity index (χ2v) is 7.00. The first-order valence-electron chi connectivity index (χ1n) is 6.41. The highest BCUT2D eigenvalue weighted by Crippen LogP contribution is 2.24. The van der Waals surface area contributed by atoms with Crippen molar-refractivity contribution in [1.29, 1.82) is 0 Å². The molecule has 0 heterocycles. The molecule has 0 aliphatic heterocycles. The summed E-state index contributed by atoms with van der Waals surface area (Å²) in [5, 5.41) is 0.450. The molecule has 0 aliphatic carbocycles. The van der Waals surface area contributed by atoms with Gasteiger partial charge < -0.3 is 0 Å². The quantitative estimate of drug-likeness (QED) is 0.689. The normalized spacial score (nSPS) is 12.3. The van der Waals surface area contributed by atoms with Gasteiger partial charge >= 0.3 is 0 Å². The van der Waals surface area contributed by atoms with Gasteiger partial charge in [-0.15, -0.1) is 0 Å². The standard InChI is InChI=1S/C13H18BrF2NO2S/c1-3-11(4-2)17(8-7-14)20(18,19)13-6-5-10(15)9-12(13)16/h5-6,9,11H,3-4,7-8H2,1-2H3. The van der Waals surface area contributed by atoms with Crippen LogP contribution in [-0.2, 0) is 10.0 Å². The highest BCUT2D eigenvalue weighted by atomic mass is 79.9. The number of nitrogens with zero attached hydrogens (tertiary/aromatic N) is 1. The smallest absolute Gasteiger partial charge is 0.207 e. The lowest BCUT2D eigenvalue weighted by Crippen LogP contribution is -2.41. The summed E-state index contributed by atoms with van der Waals surface area (Å²) in [6, 6.07) is 2.31. The molecule has 0 unspecified atom stereocenters. The predicted molar refractivity (Wildman–Crippen MR) is 78.4 cm³/mol. The average Bonchev–Trinajstić information content (AvgIpc) is 2.38. The van der Waals surface area contributed by atoms with E-state index in [1.165, 1.54) is 4.31 Å². The third-order valence-corrected chi connectivity index (χ3v) is 5.47. The van der Waals surface area contributed by atoms with Gasteiger partial charge in [-0.05, 0) is 25.0 Å². The van der Waals surface area contributed by atoms with Crippen LogP contribution in [0.1, 0.15) is 26.7 Å². The van der Waals surface area contributed by atoms with Crippen LogP contribution in [0.25, 0.3) is 0 Å². The van der Waals surface area contributed by atoms with E-state index in [-0.39, 0.29) is 12.6 Å². The van der Waals surface area contributed by atoms with E-state index in [9.17, 15) is 17.2 Å². The largest absolute Gasteiger partial charge is 0.246 e. The van der Waals surface area contributed by atoms with Gasteiger partial charge in [0.1, 0.15) is 16.5 Å². The van der Waals surface area contributed by atoms with Crippen LogP contribution in [-0.4, -0.2) is 30.6 Å². The summed E-state index contributed by atoms with van der Waals surface area (Å²) >= 11 is 3.21. The first-order chi connectivity index (χ1) is 9.38. The van der Waals surface area contributed by atoms with E-state index in [2.05, 4.69) is 15.9 Å². The van der Waals surface area contributed by atoms with Gasteiger partial charge in [-0.1, -0.05) is 29.8 Å². The van der Waals surface area contributed by atoms with E-state index in [4.69, 9.17) is 0 Å². The highest BCUT2D eigenvalue weighted by Gasteiger charge is 2.31. The Kier molecular flexibility index (Phi) is 6.54. The topological polar surface area (TPSA) is 37.4 Å². The van der Waals surface area contributed by atoms with Gasteiger partial charge in [0.2, 0.25) is 10.0 Å². The zero-order chi connectivity index (χ0) is 15.3. The van der Waals surface area contributed by atoms with Crippen molar-refractivity contribution >= 4 is 26.0 Å². The van der Waals surface area contributed by atoms with Gasteiger partial charge in [-0.2, -0.15) is 4.31 Å². The summed E-state index contributed by atoms with van der Waals surface area (Å²) in [6.45, 7) is 4.00. The maximum atomic E-state index is 13.8. The maximum absolute atomic E-state index is 13.8. The molecular formula is C13H18BrF2NO2S. The van der Waals surface area contributed by atoms with Crippen LogP contribution in [0.5, 0.6) is 0 Å². The van der Waals surface area contributed by atoms with E-state index in [1.807, 2.05) is 13.8 Å². The van der Waals surface area contributed by atoms with E-state index in [0.717, 1.165) is 12.1 Å². The van der Waals surface area contributed by atoms with Crippen LogP contribution < -0.4 is 0 Å². The fraction of sp³-hybridized carbons (Fsp3) is 0.538. The Bertz CT molecular complexity index is 547. The van der Waals surface area contributed by atoms with Crippen molar-refractivity contribution in [3.05, 3.63) is 29.8 Å². The van der Waals surface area contributed by atoms with Crippen LogP contribution in [0.4, 0.5) is 8.78 Å². The summed E-state index contributed by atoms with van der Waals surface area (Å²) in [5.41, 5.74) is 0. The molecule has 0 saturated carbocycles. The van der Waals surface area contributed by atoms with Gasteiger partial charge in [0, 0.05) is 24.0 Å². The molecule has 1 aromatic rings. The molecule has 0 amide bonds. The summed E-state index contributed by atoms with van der Waals surface area (Å²) < 4.78 is 53.1. The molecule has 0 radical (unpaired) electrons. The van der Waals surface area contributed by atoms with E-state index >= 15 is 0 Å². The molecule has 0 spiro atoms. The minimum atomic E-state index is -3.97. The Morgan fingerprint density at radius 3 is 2.30 bits per heavy atom. The molecule has 0 bridgehead atoms. The average molecular weight is 370 g/mol. The molecule has 1 aromatic carbocycles. The monoisotopic (exact) mass is 369 g/mol. The highest BCUT2D eigenvalue weighted by molar-refractivity contribution is 9.09. The molecule has 3 nitrogen and oxygen atoms in total. The molecule has 0 N–H and O–H groups in total. The summed E-state index contributed by atoms with van der Waals surface area (Å²) in [4.78, 5) is -0.480. The van der Waals surface area contributed by atoms with Gasteiger partial charge in [0.05, 0.1) is 0 Å². The predicted octanol–water partition coefficient (Wildman–Crippen LogP) is 3.54. The van der Waals surface area contributed by atoms with Crippen LogP contribution in [0.3, 0.4) is 0 Å². The van der Waals surface area contributed by atoms with Gasteiger partial charge in [-0.25, -0.2) is 17.2 Å². The molecule has 7 heteroatoms. The van der Waals surface area contributed by atoms with Gasteiger partial charge in [-0.3, -0.25) is 0 Å². The number of halogens is 3. The number of hydrogen-bond acceptors (Lipinski definition) is 2. The molecule has 0 aromatic heterocycles. The van der Waals surface area contributed by atoms with E-state index in [0.29, 0.717) is 24.2 Å². The molecular weight excluding hydrogens is 352 g/mol. The Morgan fingerprint density at radius 2 is 1.85 bits per heavy atom. The van der Waals surface area contributed by atoms with E-state index < -0.39 is 26.6 Å². The molecule has 0 fully saturated rings. The molecule has 20 heavy (non-hydrogen) atoms. The van der Waals surface area contributed by atoms with Crippen molar-refractivity contribution in [3.8, 4) is 0 Å². The van der Waals surface area contributed by atoms with Crippen molar-refractivity contribution < 1.29 is 17.2 Å². The molecule has 114 valence electrons. The second kappa shape index (κ2) is 7.47. The summed E-state index contributed by atoms with van der Waals surface area (Å²) in [5.74, 6) is -1.86. The fourth-order valence-corrected chi connectivity index (χ4v) is 4.53. The number of benzene rings is 1. The van der Waals surface area contributed by atoms with Crippen LogP contribution >= 0.6 is 15.9 Å². The Hall–Kier alpha value is -0.530. The second-order valence-electron chi connectivity index (χ2n) is 4.35. The number of sulfonamides is 1. The van der Waals surface area contributed by atoms with Crippen LogP contribution in [0, 0.1) is 11.6 Å². The lowest BCUT2D eigenvalue weighted by atomic mass is 10.2. The van der Waals surface area contributed by atoms with Gasteiger partial charge in [0.15, 0.2) is 0 Å². The summed E-state index contributed by atoms with van der Waals surface area (Å²) in [6.07, 6.45) is 1.26. The summed E-state index contributed by atoms with van der Waals surface area (Å²) in [7, 11) is -3.97. The van der Waals surface area contributed by atoms with Crippen molar-refractivity contribution in [2.24, 2.45) is 0 Å². The van der Waals surface area contributed by atoms with Crippen molar-refractivity contribution in [2.75, 3.05) is 11.9 Å². The third-order valence-electron chi connectivity index (χ3n) is 3.14. The molecule has 0 atom stereocenters. The Balaban J connectivity index is 3.28. The minimum Gasteiger partial charge on any atom is -0.207 e. The Morgan fingerprint density at radius 1 is 1.25 bits per heavy atom. The van der Waals surface area contributed by atoms with Crippen molar-refractivity contribution in [2.45, 2.75) is 37.6 Å². The van der Waals surface area contributed by atoms with Crippen LogP contribution in [0.2, 0.25) is 0 Å². The number of rotatable bonds is 7. The molecule has 1 rings (SSSR count). The maximum Gasteiger partial charge on any atom is 0.246 e. The lowest BCUT2D eigenvalue weighted by Gasteiger charge is -2.29.